The molecule has 0 amide bonds. The van der Waals surface area contributed by atoms with E-state index < -0.39 is 31.2 Å². The maximum atomic E-state index is 11.0. The Labute approximate surface area is 99.7 Å². The van der Waals surface area contributed by atoms with Gasteiger partial charge in [-0.1, -0.05) is 6.07 Å². The molecule has 0 heterocycles. The molecular weight excluding hydrogens is 420 g/mol. The van der Waals surface area contributed by atoms with Gasteiger partial charge in [-0.3, -0.25) is 3.07 Å². The highest BCUT2D eigenvalue weighted by atomic mass is 127. The zero-order chi connectivity index (χ0) is 10.1. The number of primary sulfonamides is 1. The molecule has 7 heteroatoms. The smallest absolute Gasteiger partial charge is 0.239 e. The van der Waals surface area contributed by atoms with Gasteiger partial charge in [0, 0.05) is 3.57 Å². The molecular formula is C6H5I2NO3S. The third kappa shape index (κ3) is 2.67. The van der Waals surface area contributed by atoms with Crippen molar-refractivity contribution in [1.82, 2.24) is 0 Å². The molecule has 1 aromatic carbocycles. The molecule has 0 atom stereocenters. The Bertz CT molecular complexity index is 443. The van der Waals surface area contributed by atoms with Crippen LogP contribution < -0.4 is 5.14 Å². The summed E-state index contributed by atoms with van der Waals surface area (Å²) in [4.78, 5) is -0.0257. The molecule has 0 radical (unpaired) electrons. The van der Waals surface area contributed by atoms with E-state index in [1.807, 2.05) is 22.6 Å². The van der Waals surface area contributed by atoms with Crippen molar-refractivity contribution < 1.29 is 11.5 Å². The number of halogens is 2. The molecule has 0 fully saturated rings. The maximum absolute atomic E-state index is 11.0. The molecule has 1 rings (SSSR count). The molecule has 0 aliphatic rings. The zero-order valence-corrected chi connectivity index (χ0v) is 11.3. The predicted octanol–water partition coefficient (Wildman–Crippen LogP) is 1.42. The minimum Gasteiger partial charge on any atom is -0.265 e. The number of hydrogen-bond acceptors (Lipinski definition) is 3. The molecule has 4 nitrogen and oxygen atoms in total. The largest absolute Gasteiger partial charge is 0.265 e. The van der Waals surface area contributed by atoms with Crippen LogP contribution >= 0.6 is 43.8 Å². The molecule has 0 saturated heterocycles. The van der Waals surface area contributed by atoms with Crippen LogP contribution in [0.3, 0.4) is 0 Å². The summed E-state index contributed by atoms with van der Waals surface area (Å²) in [6.07, 6.45) is 0. The van der Waals surface area contributed by atoms with Crippen molar-refractivity contribution in [1.29, 1.82) is 0 Å². The van der Waals surface area contributed by atoms with Gasteiger partial charge < -0.3 is 0 Å². The predicted molar refractivity (Wildman–Crippen MR) is 63.9 cm³/mol. The summed E-state index contributed by atoms with van der Waals surface area (Å²) in [5.41, 5.74) is 0. The van der Waals surface area contributed by atoms with E-state index in [9.17, 15) is 11.5 Å². The van der Waals surface area contributed by atoms with Crippen molar-refractivity contribution in [3.05, 3.63) is 25.3 Å². The average Bonchev–Trinajstić information content (AvgIpc) is 2.02. The standard InChI is InChI=1S/C6H5I2NO3S/c7-4-2-1-3-5(6(4)8-10)13(9,11)12/h1-3H,(H2,9,11,12). The van der Waals surface area contributed by atoms with Crippen LogP contribution in [-0.4, -0.2) is 8.42 Å². The third-order valence-electron chi connectivity index (χ3n) is 1.30. The molecule has 0 unspecified atom stereocenters. The Kier molecular flexibility index (Phi) is 3.77. The van der Waals surface area contributed by atoms with Crippen molar-refractivity contribution in [2.24, 2.45) is 5.14 Å². The summed E-state index contributed by atoms with van der Waals surface area (Å²) in [5, 5.41) is 4.95. The SMILES string of the molecule is NS(=O)(=O)c1cccc(I)c1I=O. The van der Waals surface area contributed by atoms with Gasteiger partial charge in [0.15, 0.2) is 21.2 Å². The molecule has 0 bridgehead atoms. The van der Waals surface area contributed by atoms with Crippen LogP contribution in [0.4, 0.5) is 0 Å². The molecule has 2 N–H and O–H groups in total. The number of sulfonamides is 1. The lowest BCUT2D eigenvalue weighted by Crippen LogP contribution is -2.14. The number of rotatable bonds is 2. The normalized spacial score (nSPS) is 11.5. The van der Waals surface area contributed by atoms with Gasteiger partial charge in [-0.2, -0.15) is 0 Å². The Hall–Kier alpha value is 0.390. The molecule has 1 aromatic rings. The van der Waals surface area contributed by atoms with Crippen LogP contribution in [0.25, 0.3) is 0 Å². The van der Waals surface area contributed by atoms with Crippen molar-refractivity contribution in [2.45, 2.75) is 4.90 Å². The van der Waals surface area contributed by atoms with Gasteiger partial charge in [0.25, 0.3) is 0 Å². The quantitative estimate of drug-likeness (QED) is 0.729. The molecule has 0 aliphatic carbocycles. The minimum atomic E-state index is -3.75. The van der Waals surface area contributed by atoms with Gasteiger partial charge in [-0.05, 0) is 34.7 Å². The second-order valence-electron chi connectivity index (χ2n) is 2.17. The van der Waals surface area contributed by atoms with E-state index in [-0.39, 0.29) is 4.90 Å². The van der Waals surface area contributed by atoms with Crippen LogP contribution in [0.2, 0.25) is 0 Å². The number of hydrogen-bond donors (Lipinski definition) is 1. The molecule has 0 aliphatic heterocycles. The fourth-order valence-corrected chi connectivity index (χ4v) is 4.57. The van der Waals surface area contributed by atoms with Crippen LogP contribution in [-0.2, 0) is 13.1 Å². The van der Waals surface area contributed by atoms with E-state index in [4.69, 9.17) is 5.14 Å². The van der Waals surface area contributed by atoms with E-state index in [1.54, 1.807) is 12.1 Å². The van der Waals surface area contributed by atoms with E-state index in [0.29, 0.717) is 7.14 Å². The van der Waals surface area contributed by atoms with E-state index in [0.717, 1.165) is 0 Å². The van der Waals surface area contributed by atoms with Crippen molar-refractivity contribution >= 4 is 53.8 Å². The Balaban J connectivity index is 3.56. The van der Waals surface area contributed by atoms with Gasteiger partial charge in [-0.25, -0.2) is 13.6 Å². The number of nitrogens with two attached hydrogens (primary N) is 1. The summed E-state index contributed by atoms with van der Waals surface area (Å²) in [7, 11) is -3.75. The van der Waals surface area contributed by atoms with E-state index >= 15 is 0 Å². The lowest BCUT2D eigenvalue weighted by Gasteiger charge is -2.01. The fourth-order valence-electron chi connectivity index (χ4n) is 0.779. The molecule has 72 valence electrons. The summed E-state index contributed by atoms with van der Waals surface area (Å²) in [6.45, 7) is 0. The first-order valence-corrected chi connectivity index (χ1v) is 7.63. The van der Waals surface area contributed by atoms with Crippen LogP contribution in [0.1, 0.15) is 0 Å². The minimum absolute atomic E-state index is 0.0257. The van der Waals surface area contributed by atoms with E-state index in [1.165, 1.54) is 6.07 Å². The monoisotopic (exact) mass is 425 g/mol. The van der Waals surface area contributed by atoms with Gasteiger partial charge in [-0.15, -0.1) is 0 Å². The van der Waals surface area contributed by atoms with Gasteiger partial charge in [0.1, 0.15) is 0 Å². The Morgan fingerprint density at radius 3 is 2.38 bits per heavy atom. The highest BCUT2D eigenvalue weighted by Gasteiger charge is 2.15. The lowest BCUT2D eigenvalue weighted by atomic mass is 10.4. The summed E-state index contributed by atoms with van der Waals surface area (Å²) in [5.74, 6) is 0. The molecule has 13 heavy (non-hydrogen) atoms. The van der Waals surface area contributed by atoms with Crippen LogP contribution in [0.5, 0.6) is 0 Å². The van der Waals surface area contributed by atoms with Gasteiger partial charge in [0.05, 0.1) is 8.47 Å². The first-order chi connectivity index (χ1) is 5.96. The second-order valence-corrected chi connectivity index (χ2v) is 6.39. The molecule has 0 saturated carbocycles. The van der Waals surface area contributed by atoms with Gasteiger partial charge >= 0.3 is 0 Å². The average molecular weight is 425 g/mol. The van der Waals surface area contributed by atoms with Crippen molar-refractivity contribution in [2.75, 3.05) is 0 Å². The maximum Gasteiger partial charge on any atom is 0.239 e. The van der Waals surface area contributed by atoms with Crippen molar-refractivity contribution in [3.8, 4) is 0 Å². The highest BCUT2D eigenvalue weighted by Crippen LogP contribution is 2.24. The summed E-state index contributed by atoms with van der Waals surface area (Å²) in [6, 6.07) is 4.64. The van der Waals surface area contributed by atoms with Crippen molar-refractivity contribution in [3.63, 3.8) is 0 Å². The van der Waals surface area contributed by atoms with Crippen LogP contribution in [0, 0.1) is 7.14 Å². The summed E-state index contributed by atoms with van der Waals surface area (Å²) < 4.78 is 33.9. The molecule has 0 spiro atoms. The topological polar surface area (TPSA) is 77.2 Å². The first kappa shape index (κ1) is 11.5. The highest BCUT2D eigenvalue weighted by molar-refractivity contribution is 14.2. The zero-order valence-electron chi connectivity index (χ0n) is 6.20. The molecule has 0 aromatic heterocycles. The van der Waals surface area contributed by atoms with E-state index in [2.05, 4.69) is 0 Å². The lowest BCUT2D eigenvalue weighted by molar-refractivity contribution is 0.597. The fraction of sp³-hybridized carbons (Fsp3) is 0. The Morgan fingerprint density at radius 2 is 2.00 bits per heavy atom. The number of benzene rings is 1. The second kappa shape index (κ2) is 4.28. The summed E-state index contributed by atoms with van der Waals surface area (Å²) >= 11 is 0.417. The van der Waals surface area contributed by atoms with Gasteiger partial charge in [0.2, 0.25) is 10.0 Å². The third-order valence-corrected chi connectivity index (χ3v) is 6.15. The first-order valence-electron chi connectivity index (χ1n) is 3.05. The van der Waals surface area contributed by atoms with Crippen LogP contribution in [0.15, 0.2) is 23.1 Å². The Morgan fingerprint density at radius 1 is 1.38 bits per heavy atom.